The lowest BCUT2D eigenvalue weighted by Crippen LogP contribution is -2.33. The first-order valence-electron chi connectivity index (χ1n) is 0.894. The van der Waals surface area contributed by atoms with Gasteiger partial charge in [-0.25, -0.2) is 0 Å². The van der Waals surface area contributed by atoms with Crippen LogP contribution in [0.15, 0.2) is 0 Å². The van der Waals surface area contributed by atoms with E-state index in [2.05, 4.69) is 0 Å². The van der Waals surface area contributed by atoms with E-state index in [1.54, 1.807) is 0 Å². The van der Waals surface area contributed by atoms with Gasteiger partial charge in [0.25, 0.3) is 0 Å². The Morgan fingerprint density at radius 2 is 0.833 bits per heavy atom. The monoisotopic (exact) mass is 176 g/mol. The third-order valence-corrected chi connectivity index (χ3v) is 0. The van der Waals surface area contributed by atoms with Gasteiger partial charge in [0.2, 0.25) is 0 Å². The molecule has 6 heavy (non-hydrogen) atoms. The van der Waals surface area contributed by atoms with Crippen LogP contribution >= 0.6 is 17.0 Å². The van der Waals surface area contributed by atoms with Gasteiger partial charge in [0, 0.05) is 0 Å². The molecule has 0 amide bonds. The third-order valence-electron chi connectivity index (χ3n) is 0. The van der Waals surface area contributed by atoms with E-state index >= 15 is 0 Å². The Morgan fingerprint density at radius 1 is 0.833 bits per heavy atom. The highest BCUT2D eigenvalue weighted by Gasteiger charge is 2.22. The predicted molar refractivity (Wildman–Crippen MR) is 25.0 cm³/mol. The molecule has 0 radical (unpaired) electrons. The van der Waals surface area contributed by atoms with Crippen molar-refractivity contribution in [2.45, 2.75) is 0 Å². The molecule has 0 fully saturated rings. The van der Waals surface area contributed by atoms with Crippen LogP contribution in [0.3, 0.4) is 0 Å². The number of halogens is 1. The highest BCUT2D eigenvalue weighted by Crippen LogP contribution is 1.67. The van der Waals surface area contributed by atoms with Crippen molar-refractivity contribution in [2.75, 3.05) is 0 Å². The SMILES string of the molecule is Br.O[Si](O)(O)O. The van der Waals surface area contributed by atoms with Crippen molar-refractivity contribution in [1.29, 1.82) is 0 Å². The maximum absolute atomic E-state index is 7.33. The van der Waals surface area contributed by atoms with Crippen LogP contribution < -0.4 is 0 Å². The third kappa shape index (κ3) is 197. The van der Waals surface area contributed by atoms with E-state index in [0.29, 0.717) is 0 Å². The van der Waals surface area contributed by atoms with Gasteiger partial charge in [-0.15, -0.1) is 17.0 Å². The molecule has 0 aromatic carbocycles. The largest absolute Gasteiger partial charge is 0.668 e. The Labute approximate surface area is 45.9 Å². The van der Waals surface area contributed by atoms with E-state index in [0.717, 1.165) is 0 Å². The van der Waals surface area contributed by atoms with Gasteiger partial charge in [-0.05, 0) is 0 Å². The molecular formula is H5BrO4Si. The first-order valence-corrected chi connectivity index (χ1v) is 2.68. The molecule has 0 aliphatic rings. The van der Waals surface area contributed by atoms with E-state index in [-0.39, 0.29) is 17.0 Å². The number of hydrogen-bond acceptors (Lipinski definition) is 4. The molecule has 0 aromatic heterocycles. The van der Waals surface area contributed by atoms with E-state index in [1.807, 2.05) is 0 Å². The van der Waals surface area contributed by atoms with Crippen LogP contribution in [0.1, 0.15) is 0 Å². The zero-order valence-electron chi connectivity index (χ0n) is 2.70. The second-order valence-electron chi connectivity index (χ2n) is 0.600. The van der Waals surface area contributed by atoms with Gasteiger partial charge < -0.3 is 19.2 Å². The van der Waals surface area contributed by atoms with Crippen molar-refractivity contribution in [2.24, 2.45) is 0 Å². The minimum absolute atomic E-state index is 0. The van der Waals surface area contributed by atoms with Gasteiger partial charge in [0.15, 0.2) is 0 Å². The van der Waals surface area contributed by atoms with E-state index in [1.165, 1.54) is 0 Å². The Balaban J connectivity index is 0. The standard InChI is InChI=1S/BrH.H4O4Si/c;1-5(2,3)4/h1H;1-4H. The normalized spacial score (nSPS) is 10.0. The molecular weight excluding hydrogens is 172 g/mol. The van der Waals surface area contributed by atoms with Gasteiger partial charge in [0.1, 0.15) is 0 Å². The van der Waals surface area contributed by atoms with Crippen molar-refractivity contribution >= 4 is 26.0 Å². The first kappa shape index (κ1) is 9.74. The van der Waals surface area contributed by atoms with Crippen LogP contribution in [0.4, 0.5) is 0 Å². The minimum atomic E-state index is -4.61. The molecule has 0 rings (SSSR count). The summed E-state index contributed by atoms with van der Waals surface area (Å²) in [6, 6.07) is 0. The molecule has 6 heteroatoms. The summed E-state index contributed by atoms with van der Waals surface area (Å²) in [7, 11) is -4.61. The zero-order valence-corrected chi connectivity index (χ0v) is 5.41. The van der Waals surface area contributed by atoms with Crippen LogP contribution in [0.25, 0.3) is 0 Å². The first-order chi connectivity index (χ1) is 2.00. The van der Waals surface area contributed by atoms with Crippen molar-refractivity contribution in [3.8, 4) is 0 Å². The number of rotatable bonds is 0. The molecule has 4 N–H and O–H groups in total. The predicted octanol–water partition coefficient (Wildman–Crippen LogP) is -2.03. The second-order valence-corrected chi connectivity index (χ2v) is 1.80. The summed E-state index contributed by atoms with van der Waals surface area (Å²) in [4.78, 5) is 29.3. The van der Waals surface area contributed by atoms with Crippen LogP contribution in [0, 0.1) is 0 Å². The molecule has 0 saturated carbocycles. The lowest BCUT2D eigenvalue weighted by atomic mass is 15.7. The van der Waals surface area contributed by atoms with Gasteiger partial charge in [-0.2, -0.15) is 0 Å². The fraction of sp³-hybridized carbons (Fsp3) is 0. The molecule has 40 valence electrons. The average Bonchev–Trinajstić information content (AvgIpc) is 0.722. The van der Waals surface area contributed by atoms with Crippen LogP contribution in [0.5, 0.6) is 0 Å². The molecule has 4 nitrogen and oxygen atoms in total. The van der Waals surface area contributed by atoms with Crippen molar-refractivity contribution < 1.29 is 19.2 Å². The molecule has 0 saturated heterocycles. The van der Waals surface area contributed by atoms with Crippen molar-refractivity contribution in [1.82, 2.24) is 0 Å². The summed E-state index contributed by atoms with van der Waals surface area (Å²) in [5.74, 6) is 0. The van der Waals surface area contributed by atoms with Gasteiger partial charge in [-0.3, -0.25) is 0 Å². The number of hydrogen-bond donors (Lipinski definition) is 4. The topological polar surface area (TPSA) is 80.9 Å². The quantitative estimate of drug-likeness (QED) is 0.321. The van der Waals surface area contributed by atoms with Crippen LogP contribution in [0.2, 0.25) is 0 Å². The molecule has 0 heterocycles. The smallest absolute Gasteiger partial charge is 0.368 e. The highest BCUT2D eigenvalue weighted by atomic mass is 79.9. The average molecular weight is 177 g/mol. The Hall–Kier alpha value is 0.537. The lowest BCUT2D eigenvalue weighted by Gasteiger charge is -1.91. The van der Waals surface area contributed by atoms with Crippen LogP contribution in [-0.4, -0.2) is 28.2 Å². The molecule has 0 aromatic rings. The summed E-state index contributed by atoms with van der Waals surface area (Å²) in [6.45, 7) is 0. The lowest BCUT2D eigenvalue weighted by molar-refractivity contribution is 0.117. The molecule has 0 aliphatic carbocycles. The van der Waals surface area contributed by atoms with E-state index in [4.69, 9.17) is 19.2 Å². The fourth-order valence-electron chi connectivity index (χ4n) is 0. The minimum Gasteiger partial charge on any atom is -0.368 e. The zero-order chi connectivity index (χ0) is 4.50. The maximum Gasteiger partial charge on any atom is 0.668 e. The van der Waals surface area contributed by atoms with Crippen LogP contribution in [-0.2, 0) is 0 Å². The second kappa shape index (κ2) is 2.67. The van der Waals surface area contributed by atoms with Gasteiger partial charge >= 0.3 is 9.05 Å². The molecule has 0 bridgehead atoms. The Kier molecular flexibility index (Phi) is 4.33. The van der Waals surface area contributed by atoms with Crippen molar-refractivity contribution in [3.63, 3.8) is 0 Å². The maximum atomic E-state index is 7.33. The summed E-state index contributed by atoms with van der Waals surface area (Å²) in [5.41, 5.74) is 0. The highest BCUT2D eigenvalue weighted by molar-refractivity contribution is 8.93. The molecule has 0 spiro atoms. The fourth-order valence-corrected chi connectivity index (χ4v) is 0. The summed E-state index contributed by atoms with van der Waals surface area (Å²) < 4.78 is 0. The molecule has 0 aliphatic heterocycles. The van der Waals surface area contributed by atoms with Gasteiger partial charge in [-0.1, -0.05) is 0 Å². The van der Waals surface area contributed by atoms with E-state index in [9.17, 15) is 0 Å². The Morgan fingerprint density at radius 3 is 0.833 bits per heavy atom. The van der Waals surface area contributed by atoms with Crippen molar-refractivity contribution in [3.05, 3.63) is 0 Å². The van der Waals surface area contributed by atoms with Gasteiger partial charge in [0.05, 0.1) is 0 Å². The Bertz CT molecular complexity index is 23.0. The summed E-state index contributed by atoms with van der Waals surface area (Å²) >= 11 is 0. The van der Waals surface area contributed by atoms with E-state index < -0.39 is 9.05 Å². The molecule has 0 unspecified atom stereocenters. The summed E-state index contributed by atoms with van der Waals surface area (Å²) in [6.07, 6.45) is 0. The summed E-state index contributed by atoms with van der Waals surface area (Å²) in [5, 5.41) is 0. The molecule has 0 atom stereocenters.